The minimum atomic E-state index is -4.07. The van der Waals surface area contributed by atoms with Crippen LogP contribution in [0.2, 0.25) is 0 Å². The molecule has 0 atom stereocenters. The molecule has 1 aromatic carbocycles. The molecule has 0 bridgehead atoms. The van der Waals surface area contributed by atoms with Crippen molar-refractivity contribution < 1.29 is 18.1 Å². The van der Waals surface area contributed by atoms with Gasteiger partial charge in [0, 0.05) is 30.9 Å². The average molecular weight is 328 g/mol. The summed E-state index contributed by atoms with van der Waals surface area (Å²) in [6, 6.07) is 4.87. The van der Waals surface area contributed by atoms with Crippen LogP contribution in [0.25, 0.3) is 0 Å². The molecular weight excluding hydrogens is 309 g/mol. The molecule has 0 radical (unpaired) electrons. The van der Waals surface area contributed by atoms with Crippen LogP contribution in [0.1, 0.15) is 31.2 Å². The monoisotopic (exact) mass is 328 g/mol. The number of benzene rings is 1. The standard InChI is InChI=1S/C16H19F3N2O2/c17-16(18,19)13-3-1-11(2-4-13)10-20-8-7-12-9-14(21(22)23)5-6-15(12)20/h5-6,9,11,13H,1-4,7-8,10H2. The van der Waals surface area contributed by atoms with Crippen molar-refractivity contribution in [1.29, 1.82) is 0 Å². The molecule has 1 aliphatic carbocycles. The first-order chi connectivity index (χ1) is 10.8. The van der Waals surface area contributed by atoms with Crippen LogP contribution in [0.5, 0.6) is 0 Å². The molecule has 0 aromatic heterocycles. The molecule has 1 fully saturated rings. The van der Waals surface area contributed by atoms with Gasteiger partial charge in [0.2, 0.25) is 0 Å². The number of nitrogens with zero attached hydrogens (tertiary/aromatic N) is 2. The van der Waals surface area contributed by atoms with Crippen molar-refractivity contribution in [1.82, 2.24) is 0 Å². The average Bonchev–Trinajstić information content (AvgIpc) is 2.89. The fourth-order valence-electron chi connectivity index (χ4n) is 3.74. The number of alkyl halides is 3. The van der Waals surface area contributed by atoms with E-state index in [0.717, 1.165) is 30.8 Å². The lowest BCUT2D eigenvalue weighted by atomic mass is 9.81. The van der Waals surface area contributed by atoms with Crippen LogP contribution in [0.3, 0.4) is 0 Å². The second kappa shape index (κ2) is 6.02. The zero-order valence-corrected chi connectivity index (χ0v) is 12.7. The first-order valence-corrected chi connectivity index (χ1v) is 7.93. The molecule has 3 rings (SSSR count). The van der Waals surface area contributed by atoms with Gasteiger partial charge in [-0.25, -0.2) is 0 Å². The van der Waals surface area contributed by atoms with Crippen LogP contribution in [-0.2, 0) is 6.42 Å². The third-order valence-corrected chi connectivity index (χ3v) is 5.05. The Morgan fingerprint density at radius 1 is 1.22 bits per heavy atom. The molecule has 1 aromatic rings. The fraction of sp³-hybridized carbons (Fsp3) is 0.625. The third kappa shape index (κ3) is 3.43. The second-order valence-corrected chi connectivity index (χ2v) is 6.53. The highest BCUT2D eigenvalue weighted by atomic mass is 19.4. The van der Waals surface area contributed by atoms with E-state index >= 15 is 0 Å². The van der Waals surface area contributed by atoms with Crippen molar-refractivity contribution in [2.45, 2.75) is 38.3 Å². The smallest absolute Gasteiger partial charge is 0.371 e. The van der Waals surface area contributed by atoms with Gasteiger partial charge in [0.25, 0.3) is 5.69 Å². The van der Waals surface area contributed by atoms with Crippen molar-refractivity contribution >= 4 is 11.4 Å². The lowest BCUT2D eigenvalue weighted by molar-refractivity contribution is -0.384. The van der Waals surface area contributed by atoms with Gasteiger partial charge >= 0.3 is 6.18 Å². The summed E-state index contributed by atoms with van der Waals surface area (Å²) < 4.78 is 38.1. The Labute approximate surface area is 132 Å². The van der Waals surface area contributed by atoms with Crippen LogP contribution in [0, 0.1) is 22.0 Å². The molecule has 1 heterocycles. The van der Waals surface area contributed by atoms with Crippen LogP contribution in [-0.4, -0.2) is 24.2 Å². The van der Waals surface area contributed by atoms with Gasteiger partial charge in [-0.2, -0.15) is 13.2 Å². The fourth-order valence-corrected chi connectivity index (χ4v) is 3.74. The van der Waals surface area contributed by atoms with Gasteiger partial charge in [-0.1, -0.05) is 0 Å². The number of non-ortho nitro benzene ring substituents is 1. The Hall–Kier alpha value is -1.79. The lowest BCUT2D eigenvalue weighted by Crippen LogP contribution is -2.33. The maximum atomic E-state index is 12.7. The van der Waals surface area contributed by atoms with E-state index in [0.29, 0.717) is 12.8 Å². The van der Waals surface area contributed by atoms with Gasteiger partial charge in [-0.05, 0) is 49.7 Å². The van der Waals surface area contributed by atoms with Crippen molar-refractivity contribution in [3.63, 3.8) is 0 Å². The largest absolute Gasteiger partial charge is 0.391 e. The SMILES string of the molecule is O=[N+]([O-])c1ccc2c(c1)CCN2CC1CCC(C(F)(F)F)CC1. The molecular formula is C16H19F3N2O2. The summed E-state index contributed by atoms with van der Waals surface area (Å²) in [6.45, 7) is 1.53. The Bertz CT molecular complexity index is 595. The maximum absolute atomic E-state index is 12.7. The summed E-state index contributed by atoms with van der Waals surface area (Å²) in [4.78, 5) is 12.6. The minimum absolute atomic E-state index is 0.0938. The molecule has 0 unspecified atom stereocenters. The third-order valence-electron chi connectivity index (χ3n) is 5.05. The number of rotatable bonds is 3. The topological polar surface area (TPSA) is 46.4 Å². The number of anilines is 1. The molecule has 0 amide bonds. The van der Waals surface area contributed by atoms with E-state index in [9.17, 15) is 23.3 Å². The van der Waals surface area contributed by atoms with Crippen LogP contribution < -0.4 is 4.90 Å². The number of halogens is 3. The number of fused-ring (bicyclic) bond motifs is 1. The molecule has 2 aliphatic rings. The molecule has 0 spiro atoms. The minimum Gasteiger partial charge on any atom is -0.371 e. The molecule has 23 heavy (non-hydrogen) atoms. The molecule has 1 saturated carbocycles. The van der Waals surface area contributed by atoms with Crippen LogP contribution in [0.15, 0.2) is 18.2 Å². The molecule has 1 aliphatic heterocycles. The lowest BCUT2D eigenvalue weighted by Gasteiger charge is -2.33. The van der Waals surface area contributed by atoms with Crippen molar-refractivity contribution in [3.8, 4) is 0 Å². The Morgan fingerprint density at radius 3 is 2.52 bits per heavy atom. The molecule has 0 N–H and O–H groups in total. The summed E-state index contributed by atoms with van der Waals surface area (Å²) in [5.41, 5.74) is 2.05. The van der Waals surface area contributed by atoms with Crippen molar-refractivity contribution in [3.05, 3.63) is 33.9 Å². The first kappa shape index (κ1) is 16.1. The highest BCUT2D eigenvalue weighted by molar-refractivity contribution is 5.61. The molecule has 7 heteroatoms. The Kier molecular flexibility index (Phi) is 4.21. The zero-order valence-electron chi connectivity index (χ0n) is 12.7. The van der Waals surface area contributed by atoms with E-state index in [-0.39, 0.29) is 24.4 Å². The van der Waals surface area contributed by atoms with Crippen molar-refractivity contribution in [2.75, 3.05) is 18.0 Å². The van der Waals surface area contributed by atoms with Crippen LogP contribution in [0.4, 0.5) is 24.5 Å². The summed E-state index contributed by atoms with van der Waals surface area (Å²) in [5.74, 6) is -0.873. The van der Waals surface area contributed by atoms with Gasteiger partial charge < -0.3 is 4.90 Å². The van der Waals surface area contributed by atoms with Crippen LogP contribution >= 0.6 is 0 Å². The number of nitro groups is 1. The van der Waals surface area contributed by atoms with Gasteiger partial charge in [-0.3, -0.25) is 10.1 Å². The molecule has 0 saturated heterocycles. The second-order valence-electron chi connectivity index (χ2n) is 6.53. The summed E-state index contributed by atoms with van der Waals surface area (Å²) in [6.07, 6.45) is -1.67. The van der Waals surface area contributed by atoms with E-state index in [1.165, 1.54) is 6.07 Å². The number of hydrogen-bond donors (Lipinski definition) is 0. The van der Waals surface area contributed by atoms with E-state index in [1.807, 2.05) is 0 Å². The predicted octanol–water partition coefficient (Wildman–Crippen LogP) is 4.33. The van der Waals surface area contributed by atoms with E-state index in [4.69, 9.17) is 0 Å². The van der Waals surface area contributed by atoms with Gasteiger partial charge in [-0.15, -0.1) is 0 Å². The number of nitro benzene ring substituents is 1. The highest BCUT2D eigenvalue weighted by Crippen LogP contribution is 2.40. The first-order valence-electron chi connectivity index (χ1n) is 7.93. The number of hydrogen-bond acceptors (Lipinski definition) is 3. The van der Waals surface area contributed by atoms with Gasteiger partial charge in [0.1, 0.15) is 0 Å². The summed E-state index contributed by atoms with van der Waals surface area (Å²) in [5, 5.41) is 10.8. The maximum Gasteiger partial charge on any atom is 0.391 e. The van der Waals surface area contributed by atoms with E-state index in [1.54, 1.807) is 12.1 Å². The van der Waals surface area contributed by atoms with Crippen molar-refractivity contribution in [2.24, 2.45) is 11.8 Å². The Balaban J connectivity index is 1.61. The van der Waals surface area contributed by atoms with Gasteiger partial charge in [0.05, 0.1) is 10.8 Å². The van der Waals surface area contributed by atoms with E-state index < -0.39 is 17.0 Å². The highest BCUT2D eigenvalue weighted by Gasteiger charge is 2.41. The quantitative estimate of drug-likeness (QED) is 0.613. The van der Waals surface area contributed by atoms with E-state index in [2.05, 4.69) is 4.90 Å². The van der Waals surface area contributed by atoms with Gasteiger partial charge in [0.15, 0.2) is 0 Å². The normalized spacial score (nSPS) is 24.6. The predicted molar refractivity (Wildman–Crippen MR) is 80.5 cm³/mol. The molecule has 126 valence electrons. The molecule has 4 nitrogen and oxygen atoms in total. The summed E-state index contributed by atoms with van der Waals surface area (Å²) >= 11 is 0. The Morgan fingerprint density at radius 2 is 1.91 bits per heavy atom. The zero-order chi connectivity index (χ0) is 16.6. The summed E-state index contributed by atoms with van der Waals surface area (Å²) in [7, 11) is 0.